The molecule has 32 heavy (non-hydrogen) atoms. The molecule has 9 N–H and O–H groups in total. The van der Waals surface area contributed by atoms with Gasteiger partial charge in [-0.3, -0.25) is 19.2 Å². The number of carboxylic acid groups (broad SMARTS) is 1. The van der Waals surface area contributed by atoms with Crippen LogP contribution in [-0.2, 0) is 24.0 Å². The number of hydrogen-bond acceptors (Lipinski definition) is 8. The van der Waals surface area contributed by atoms with Gasteiger partial charge < -0.3 is 37.6 Å². The molecule has 0 saturated carbocycles. The zero-order chi connectivity index (χ0) is 24.8. The van der Waals surface area contributed by atoms with Crippen LogP contribution in [-0.4, -0.2) is 82.6 Å². The molecule has 0 rings (SSSR count). The minimum absolute atomic E-state index is 0.174. The fraction of sp³-hybridized carbons (Fsp3) is 0.737. The highest BCUT2D eigenvalue weighted by molar-refractivity contribution is 7.98. The van der Waals surface area contributed by atoms with Crippen LogP contribution in [0.15, 0.2) is 0 Å². The van der Waals surface area contributed by atoms with Crippen LogP contribution in [0, 0.1) is 5.92 Å². The minimum Gasteiger partial charge on any atom is -0.480 e. The number of rotatable bonds is 16. The lowest BCUT2D eigenvalue weighted by molar-refractivity contribution is -0.143. The normalized spacial score (nSPS) is 14.7. The maximum atomic E-state index is 12.7. The smallest absolute Gasteiger partial charge is 0.326 e. The molecule has 12 nitrogen and oxygen atoms in total. The van der Waals surface area contributed by atoms with Gasteiger partial charge in [-0.1, -0.05) is 13.8 Å². The summed E-state index contributed by atoms with van der Waals surface area (Å²) in [6, 6.07) is -4.70. The van der Waals surface area contributed by atoms with E-state index >= 15 is 0 Å². The van der Waals surface area contributed by atoms with Crippen molar-refractivity contribution in [2.45, 2.75) is 63.7 Å². The maximum Gasteiger partial charge on any atom is 0.326 e. The second-order valence-corrected chi connectivity index (χ2v) is 8.71. The van der Waals surface area contributed by atoms with E-state index in [1.54, 1.807) is 0 Å². The first-order chi connectivity index (χ1) is 14.9. The van der Waals surface area contributed by atoms with E-state index in [0.717, 1.165) is 0 Å². The SMILES string of the molecule is CSCCC(NC(=O)C(N)CC(C)C)C(=O)NC(CO)C(=O)NC(CCC(N)=O)C(=O)O. The van der Waals surface area contributed by atoms with Gasteiger partial charge in [-0.2, -0.15) is 11.8 Å². The molecule has 184 valence electrons. The van der Waals surface area contributed by atoms with Gasteiger partial charge in [0.15, 0.2) is 0 Å². The van der Waals surface area contributed by atoms with Crippen LogP contribution in [0.5, 0.6) is 0 Å². The largest absolute Gasteiger partial charge is 0.480 e. The van der Waals surface area contributed by atoms with Crippen molar-refractivity contribution >= 4 is 41.4 Å². The highest BCUT2D eigenvalue weighted by Crippen LogP contribution is 2.06. The predicted octanol–water partition coefficient (Wildman–Crippen LogP) is -2.09. The van der Waals surface area contributed by atoms with Crippen molar-refractivity contribution in [3.63, 3.8) is 0 Å². The summed E-state index contributed by atoms with van der Waals surface area (Å²) in [6.07, 6.45) is 1.98. The van der Waals surface area contributed by atoms with Crippen LogP contribution < -0.4 is 27.4 Å². The van der Waals surface area contributed by atoms with Crippen LogP contribution in [0.4, 0.5) is 0 Å². The number of hydrogen-bond donors (Lipinski definition) is 7. The van der Waals surface area contributed by atoms with Gasteiger partial charge in [0.25, 0.3) is 0 Å². The molecular weight excluding hydrogens is 442 g/mol. The summed E-state index contributed by atoms with van der Waals surface area (Å²) in [5.74, 6) is -3.61. The van der Waals surface area contributed by atoms with E-state index in [9.17, 15) is 34.2 Å². The van der Waals surface area contributed by atoms with E-state index in [1.165, 1.54) is 11.8 Å². The number of aliphatic hydroxyl groups is 1. The van der Waals surface area contributed by atoms with Crippen LogP contribution in [0.1, 0.15) is 39.5 Å². The molecule has 13 heteroatoms. The molecule has 0 aliphatic heterocycles. The number of aliphatic hydroxyl groups excluding tert-OH is 1. The second kappa shape index (κ2) is 15.4. The van der Waals surface area contributed by atoms with Gasteiger partial charge in [-0.25, -0.2) is 4.79 Å². The molecule has 4 atom stereocenters. The van der Waals surface area contributed by atoms with Gasteiger partial charge in [0.2, 0.25) is 23.6 Å². The molecule has 0 aromatic carbocycles. The Kier molecular flexibility index (Phi) is 14.3. The summed E-state index contributed by atoms with van der Waals surface area (Å²) in [5, 5.41) is 25.8. The van der Waals surface area contributed by atoms with Crippen LogP contribution in [0.3, 0.4) is 0 Å². The third kappa shape index (κ3) is 11.9. The molecule has 0 aromatic rings. The van der Waals surface area contributed by atoms with Gasteiger partial charge in [-0.05, 0) is 37.2 Å². The molecule has 0 aliphatic rings. The van der Waals surface area contributed by atoms with Gasteiger partial charge in [0, 0.05) is 6.42 Å². The minimum atomic E-state index is -1.46. The Balaban J connectivity index is 5.18. The first kappa shape index (κ1) is 29.6. The Morgan fingerprint density at radius 3 is 1.91 bits per heavy atom. The molecule has 0 spiro atoms. The van der Waals surface area contributed by atoms with Crippen LogP contribution in [0.25, 0.3) is 0 Å². The first-order valence-corrected chi connectivity index (χ1v) is 11.6. The van der Waals surface area contributed by atoms with Crippen molar-refractivity contribution in [1.29, 1.82) is 0 Å². The van der Waals surface area contributed by atoms with Crippen molar-refractivity contribution in [2.75, 3.05) is 18.6 Å². The zero-order valence-electron chi connectivity index (χ0n) is 18.6. The van der Waals surface area contributed by atoms with E-state index in [4.69, 9.17) is 11.5 Å². The Morgan fingerprint density at radius 2 is 1.44 bits per heavy atom. The Hall–Kier alpha value is -2.38. The molecule has 0 radical (unpaired) electrons. The molecule has 0 saturated heterocycles. The molecule has 4 amide bonds. The number of carboxylic acids is 1. The number of carbonyl (C=O) groups is 5. The van der Waals surface area contributed by atoms with E-state index < -0.39 is 60.4 Å². The monoisotopic (exact) mass is 477 g/mol. The fourth-order valence-corrected chi connectivity index (χ4v) is 3.15. The Bertz CT molecular complexity index is 662. The van der Waals surface area contributed by atoms with Crippen molar-refractivity contribution in [3.05, 3.63) is 0 Å². The van der Waals surface area contributed by atoms with E-state index in [1.807, 2.05) is 20.1 Å². The van der Waals surface area contributed by atoms with E-state index in [2.05, 4.69) is 16.0 Å². The first-order valence-electron chi connectivity index (χ1n) is 10.2. The molecular formula is C19H35N5O7S. The van der Waals surface area contributed by atoms with Crippen LogP contribution in [0.2, 0.25) is 0 Å². The quantitative estimate of drug-likeness (QED) is 0.129. The summed E-state index contributed by atoms with van der Waals surface area (Å²) in [7, 11) is 0. The van der Waals surface area contributed by atoms with E-state index in [0.29, 0.717) is 12.2 Å². The van der Waals surface area contributed by atoms with Gasteiger partial charge in [-0.15, -0.1) is 0 Å². The van der Waals surface area contributed by atoms with Gasteiger partial charge in [0.1, 0.15) is 18.1 Å². The summed E-state index contributed by atoms with van der Waals surface area (Å²) in [4.78, 5) is 59.6. The lowest BCUT2D eigenvalue weighted by Crippen LogP contribution is -2.58. The number of nitrogens with two attached hydrogens (primary N) is 2. The number of primary amides is 1. The molecule has 0 aliphatic carbocycles. The summed E-state index contributed by atoms with van der Waals surface area (Å²) >= 11 is 1.45. The molecule has 0 fully saturated rings. The van der Waals surface area contributed by atoms with Gasteiger partial charge >= 0.3 is 5.97 Å². The number of amides is 4. The molecule has 0 heterocycles. The van der Waals surface area contributed by atoms with Crippen LogP contribution >= 0.6 is 11.8 Å². The molecule has 0 aromatic heterocycles. The van der Waals surface area contributed by atoms with Crippen molar-refractivity contribution in [2.24, 2.45) is 17.4 Å². The van der Waals surface area contributed by atoms with Crippen molar-refractivity contribution < 1.29 is 34.2 Å². The van der Waals surface area contributed by atoms with Gasteiger partial charge in [0.05, 0.1) is 12.6 Å². The lowest BCUT2D eigenvalue weighted by atomic mass is 10.0. The Labute approximate surface area is 191 Å². The number of aliphatic carboxylic acids is 1. The summed E-state index contributed by atoms with van der Waals surface area (Å²) in [6.45, 7) is 3.00. The number of thioether (sulfide) groups is 1. The topological polar surface area (TPSA) is 214 Å². The molecule has 0 bridgehead atoms. The summed E-state index contributed by atoms with van der Waals surface area (Å²) in [5.41, 5.74) is 10.9. The number of carbonyl (C=O) groups excluding carboxylic acids is 4. The Morgan fingerprint density at radius 1 is 0.906 bits per heavy atom. The third-order valence-corrected chi connectivity index (χ3v) is 5.06. The average Bonchev–Trinajstić information content (AvgIpc) is 2.70. The molecule has 4 unspecified atom stereocenters. The highest BCUT2D eigenvalue weighted by atomic mass is 32.2. The predicted molar refractivity (Wildman–Crippen MR) is 119 cm³/mol. The lowest BCUT2D eigenvalue weighted by Gasteiger charge is -2.24. The van der Waals surface area contributed by atoms with Crippen molar-refractivity contribution in [1.82, 2.24) is 16.0 Å². The standard InChI is InChI=1S/C19H35N5O7S/c1-10(2)8-11(20)16(27)22-12(6-7-32-3)17(28)24-14(9-25)18(29)23-13(19(30)31)4-5-15(21)26/h10-14,25H,4-9,20H2,1-3H3,(H2,21,26)(H,22,27)(H,23,29)(H,24,28)(H,30,31). The van der Waals surface area contributed by atoms with E-state index in [-0.39, 0.29) is 25.2 Å². The maximum absolute atomic E-state index is 12.7. The number of nitrogens with one attached hydrogen (secondary N) is 3. The third-order valence-electron chi connectivity index (χ3n) is 4.42. The summed E-state index contributed by atoms with van der Waals surface area (Å²) < 4.78 is 0. The fourth-order valence-electron chi connectivity index (χ4n) is 2.68. The average molecular weight is 478 g/mol. The second-order valence-electron chi connectivity index (χ2n) is 7.73. The highest BCUT2D eigenvalue weighted by Gasteiger charge is 2.30. The zero-order valence-corrected chi connectivity index (χ0v) is 19.4. The van der Waals surface area contributed by atoms with Crippen molar-refractivity contribution in [3.8, 4) is 0 Å².